The Balaban J connectivity index is 1.77. The first-order valence-corrected chi connectivity index (χ1v) is 12.9. The van der Waals surface area contributed by atoms with Crippen LogP contribution in [-0.2, 0) is 11.8 Å². The number of anilines is 3. The topological polar surface area (TPSA) is 184 Å². The molecule has 3 aromatic rings. The van der Waals surface area contributed by atoms with Crippen molar-refractivity contribution in [3.63, 3.8) is 0 Å². The van der Waals surface area contributed by atoms with Gasteiger partial charge in [0.1, 0.15) is 11.5 Å². The van der Waals surface area contributed by atoms with Crippen LogP contribution in [0.5, 0.6) is 5.75 Å². The van der Waals surface area contributed by atoms with Gasteiger partial charge in [-0.25, -0.2) is 4.39 Å². The van der Waals surface area contributed by atoms with Gasteiger partial charge in [0.15, 0.2) is 30.9 Å². The number of nitrogens with one attached hydrogen (secondary N) is 3. The molecule has 1 aliphatic carbocycles. The van der Waals surface area contributed by atoms with Crippen molar-refractivity contribution < 1.29 is 33.7 Å². The zero-order valence-corrected chi connectivity index (χ0v) is 23.6. The van der Waals surface area contributed by atoms with Crippen LogP contribution in [0.3, 0.4) is 0 Å². The van der Waals surface area contributed by atoms with Crippen LogP contribution in [-0.4, -0.2) is 86.7 Å². The van der Waals surface area contributed by atoms with Gasteiger partial charge in [-0.05, 0) is 38.8 Å². The predicted octanol–water partition coefficient (Wildman–Crippen LogP) is 1.09. The van der Waals surface area contributed by atoms with Gasteiger partial charge in [-0.1, -0.05) is 0 Å². The number of aryl methyl sites for hydroxylation is 1. The average molecular weight is 580 g/mol. The molecule has 1 aliphatic rings. The van der Waals surface area contributed by atoms with E-state index in [0.29, 0.717) is 0 Å². The van der Waals surface area contributed by atoms with E-state index in [1.807, 2.05) is 13.8 Å². The number of methoxy groups -OCH3 is 1. The van der Waals surface area contributed by atoms with Crippen molar-refractivity contribution in [2.75, 3.05) is 24.8 Å². The van der Waals surface area contributed by atoms with E-state index in [1.165, 1.54) is 34.9 Å². The zero-order chi connectivity index (χ0) is 30.9. The Morgan fingerprint density at radius 2 is 1.86 bits per heavy atom. The molecule has 1 aromatic carbocycles. The molecular formula is C26H30BFN8O6. The lowest BCUT2D eigenvalue weighted by Gasteiger charge is -2.21. The molecule has 220 valence electrons. The van der Waals surface area contributed by atoms with Crippen molar-refractivity contribution in [2.45, 2.75) is 38.5 Å². The minimum absolute atomic E-state index is 0.0128. The number of halogens is 1. The fourth-order valence-corrected chi connectivity index (χ4v) is 3.97. The quantitative estimate of drug-likeness (QED) is 0.172. The van der Waals surface area contributed by atoms with Crippen LogP contribution in [0.1, 0.15) is 47.7 Å². The van der Waals surface area contributed by atoms with E-state index in [1.54, 1.807) is 19.4 Å². The molecule has 2 aromatic heterocycles. The minimum atomic E-state index is -3.07. The van der Waals surface area contributed by atoms with Gasteiger partial charge in [0.2, 0.25) is 5.91 Å². The van der Waals surface area contributed by atoms with Crippen LogP contribution < -0.4 is 20.7 Å². The summed E-state index contributed by atoms with van der Waals surface area (Å²) in [5.41, 5.74) is 0.112. The summed E-state index contributed by atoms with van der Waals surface area (Å²) in [6.07, 6.45) is 1.46. The van der Waals surface area contributed by atoms with Crippen molar-refractivity contribution in [1.82, 2.24) is 30.2 Å². The van der Waals surface area contributed by atoms with Gasteiger partial charge in [0.25, 0.3) is 11.8 Å². The van der Waals surface area contributed by atoms with Crippen LogP contribution >= 0.6 is 0 Å². The standard InChI is InChI=1S/C26H30BFN8O6/c1-12(2)35(3)25(39)19-10-16(34-36(19)4)15-8-14(28)9-18(22(15)42-5)29-17-11-20(30-23(37)13-6-7-13)32-33-21(17)24(38)31-26(27,40)41/h8-13,40-41H,6-7H2,1-5H3,(H,31,38)(H2,29,30,32,37). The highest BCUT2D eigenvalue weighted by molar-refractivity contribution is 6.15. The first kappa shape index (κ1) is 30.4. The van der Waals surface area contributed by atoms with E-state index >= 15 is 4.39 Å². The third kappa shape index (κ3) is 6.83. The summed E-state index contributed by atoms with van der Waals surface area (Å²) in [6, 6.07) is 4.95. The number of benzene rings is 1. The van der Waals surface area contributed by atoms with Crippen LogP contribution in [0, 0.1) is 11.7 Å². The largest absolute Gasteiger partial charge is 0.494 e. The lowest BCUT2D eigenvalue weighted by molar-refractivity contribution is -0.117. The van der Waals surface area contributed by atoms with E-state index in [2.05, 4.69) is 25.9 Å². The van der Waals surface area contributed by atoms with Crippen LogP contribution in [0.25, 0.3) is 11.3 Å². The smallest absolute Gasteiger partial charge is 0.277 e. The minimum Gasteiger partial charge on any atom is -0.494 e. The second kappa shape index (κ2) is 11.7. The van der Waals surface area contributed by atoms with E-state index in [0.717, 1.165) is 18.9 Å². The molecule has 0 unspecified atom stereocenters. The highest BCUT2D eigenvalue weighted by atomic mass is 19.1. The molecule has 1 saturated carbocycles. The summed E-state index contributed by atoms with van der Waals surface area (Å²) in [6.45, 7) is 3.73. The molecule has 2 heterocycles. The average Bonchev–Trinajstić information content (AvgIpc) is 3.68. The van der Waals surface area contributed by atoms with Gasteiger partial charge >= 0.3 is 0 Å². The molecular weight excluding hydrogens is 550 g/mol. The second-order valence-electron chi connectivity index (χ2n) is 10.1. The summed E-state index contributed by atoms with van der Waals surface area (Å²) in [5.74, 6) is -5.59. The van der Waals surface area contributed by atoms with Gasteiger partial charge in [-0.15, -0.1) is 10.2 Å². The van der Waals surface area contributed by atoms with E-state index in [4.69, 9.17) is 12.6 Å². The molecule has 0 spiro atoms. The van der Waals surface area contributed by atoms with Crippen molar-refractivity contribution in [3.05, 3.63) is 41.5 Å². The number of aliphatic hydroxyl groups is 2. The molecule has 0 bridgehead atoms. The number of hydrogen-bond acceptors (Lipinski definition) is 10. The Kier molecular flexibility index (Phi) is 8.49. The van der Waals surface area contributed by atoms with Crippen LogP contribution in [0.15, 0.2) is 24.3 Å². The summed E-state index contributed by atoms with van der Waals surface area (Å²) < 4.78 is 22.0. The van der Waals surface area contributed by atoms with Gasteiger partial charge in [0.05, 0.1) is 24.2 Å². The van der Waals surface area contributed by atoms with E-state index in [-0.39, 0.29) is 63.7 Å². The first-order chi connectivity index (χ1) is 19.7. The van der Waals surface area contributed by atoms with Gasteiger partial charge < -0.3 is 35.8 Å². The van der Waals surface area contributed by atoms with E-state index < -0.39 is 23.2 Å². The lowest BCUT2D eigenvalue weighted by atomic mass is 10.0. The predicted molar refractivity (Wildman–Crippen MR) is 149 cm³/mol. The maximum absolute atomic E-state index is 15.0. The number of amides is 3. The molecule has 4 rings (SSSR count). The molecule has 42 heavy (non-hydrogen) atoms. The number of carbonyl (C=O) groups is 3. The third-order valence-corrected chi connectivity index (χ3v) is 6.50. The molecule has 0 saturated heterocycles. The van der Waals surface area contributed by atoms with Crippen LogP contribution in [0.2, 0.25) is 0 Å². The number of aromatic nitrogens is 4. The zero-order valence-electron chi connectivity index (χ0n) is 23.6. The number of rotatable bonds is 10. The third-order valence-electron chi connectivity index (χ3n) is 6.50. The molecule has 5 N–H and O–H groups in total. The molecule has 3 amide bonds. The number of hydrogen-bond donors (Lipinski definition) is 5. The van der Waals surface area contributed by atoms with Crippen molar-refractivity contribution in [1.29, 1.82) is 0 Å². The number of ether oxygens (including phenoxy) is 1. The summed E-state index contributed by atoms with van der Waals surface area (Å²) >= 11 is 0. The maximum Gasteiger partial charge on any atom is 0.277 e. The Bertz CT molecular complexity index is 1540. The highest BCUT2D eigenvalue weighted by Gasteiger charge is 2.31. The molecule has 2 radical (unpaired) electrons. The molecule has 0 aliphatic heterocycles. The summed E-state index contributed by atoms with van der Waals surface area (Å²) in [7, 11) is 9.66. The van der Waals surface area contributed by atoms with Crippen molar-refractivity contribution >= 4 is 42.8 Å². The maximum atomic E-state index is 15.0. The lowest BCUT2D eigenvalue weighted by Crippen LogP contribution is -2.49. The number of carbonyl (C=O) groups excluding carboxylic acids is 3. The fourth-order valence-electron chi connectivity index (χ4n) is 3.97. The fraction of sp³-hybridized carbons (Fsp3) is 0.385. The van der Waals surface area contributed by atoms with Gasteiger partial charge in [0, 0.05) is 43.8 Å². The molecule has 14 nitrogen and oxygen atoms in total. The Hall–Kier alpha value is -4.57. The van der Waals surface area contributed by atoms with Gasteiger partial charge in [-0.3, -0.25) is 19.1 Å². The summed E-state index contributed by atoms with van der Waals surface area (Å²) in [4.78, 5) is 39.5. The van der Waals surface area contributed by atoms with E-state index in [9.17, 15) is 24.6 Å². The molecule has 16 heteroatoms. The van der Waals surface area contributed by atoms with Gasteiger partial charge in [-0.2, -0.15) is 5.10 Å². The molecule has 0 atom stereocenters. The van der Waals surface area contributed by atoms with Crippen molar-refractivity contribution in [2.24, 2.45) is 13.0 Å². The Morgan fingerprint density at radius 1 is 1.17 bits per heavy atom. The highest BCUT2D eigenvalue weighted by Crippen LogP contribution is 2.39. The normalized spacial score (nSPS) is 13.1. The monoisotopic (exact) mass is 580 g/mol. The Labute approximate surface area is 241 Å². The van der Waals surface area contributed by atoms with Crippen molar-refractivity contribution in [3.8, 4) is 17.0 Å². The Morgan fingerprint density at radius 3 is 2.45 bits per heavy atom. The number of nitrogens with zero attached hydrogens (tertiary/aromatic N) is 5. The second-order valence-corrected chi connectivity index (χ2v) is 10.1. The SMILES string of the molecule is [B]C(O)(O)NC(=O)c1nnc(NC(=O)C2CC2)cc1Nc1cc(F)cc(-c2cc(C(=O)N(C)C(C)C)n(C)n2)c1OC. The van der Waals surface area contributed by atoms with Crippen LogP contribution in [0.4, 0.5) is 21.6 Å². The molecule has 1 fully saturated rings. The first-order valence-electron chi connectivity index (χ1n) is 12.9. The summed E-state index contributed by atoms with van der Waals surface area (Å²) in [5, 5.41) is 38.1.